The van der Waals surface area contributed by atoms with Crippen LogP contribution in [-0.2, 0) is 0 Å². The van der Waals surface area contributed by atoms with Gasteiger partial charge >= 0.3 is 0 Å². The monoisotopic (exact) mass is 332 g/mol. The Kier molecular flexibility index (Phi) is 5.41. The van der Waals surface area contributed by atoms with Gasteiger partial charge in [0.15, 0.2) is 0 Å². The van der Waals surface area contributed by atoms with Gasteiger partial charge in [0.05, 0.1) is 0 Å². The van der Waals surface area contributed by atoms with Crippen LogP contribution in [0.4, 0.5) is 0 Å². The molecule has 0 radical (unpaired) electrons. The molecular weight excluding hydrogens is 316 g/mol. The average molecular weight is 332 g/mol. The summed E-state index contributed by atoms with van der Waals surface area (Å²) in [5, 5.41) is 18.7. The third-order valence-corrected chi connectivity index (χ3v) is 4.02. The molecule has 0 fully saturated rings. The van der Waals surface area contributed by atoms with E-state index in [9.17, 15) is 10.5 Å². The molecule has 0 heterocycles. The second kappa shape index (κ2) is 8.29. The molecule has 0 aliphatic heterocycles. The van der Waals surface area contributed by atoms with E-state index < -0.39 is 0 Å². The van der Waals surface area contributed by atoms with Gasteiger partial charge in [-0.2, -0.15) is 10.5 Å². The van der Waals surface area contributed by atoms with Crippen LogP contribution in [0.5, 0.6) is 0 Å². The van der Waals surface area contributed by atoms with Crippen LogP contribution in [0.3, 0.4) is 0 Å². The maximum Gasteiger partial charge on any atom is 0.137 e. The quantitative estimate of drug-likeness (QED) is 0.684. The van der Waals surface area contributed by atoms with Crippen molar-refractivity contribution in [3.05, 3.63) is 119 Å². The van der Waals surface area contributed by atoms with Crippen molar-refractivity contribution < 1.29 is 0 Å². The zero-order valence-electron chi connectivity index (χ0n) is 14.1. The summed E-state index contributed by atoms with van der Waals surface area (Å²) in [6.45, 7) is 0. The molecule has 0 unspecified atom stereocenters. The minimum atomic E-state index is 0.103. The molecule has 0 saturated heterocycles. The minimum absolute atomic E-state index is 0.103. The smallest absolute Gasteiger partial charge is 0.137 e. The first-order valence-electron chi connectivity index (χ1n) is 8.25. The van der Waals surface area contributed by atoms with Crippen LogP contribution in [0, 0.1) is 22.7 Å². The second-order valence-electron chi connectivity index (χ2n) is 5.70. The first-order chi connectivity index (χ1) is 12.8. The normalized spacial score (nSPS) is 14.1. The number of nitriles is 2. The minimum Gasteiger partial charge on any atom is -0.192 e. The Hall–Kier alpha value is -3.88. The fourth-order valence-corrected chi connectivity index (χ4v) is 2.71. The van der Waals surface area contributed by atoms with Gasteiger partial charge in [-0.15, -0.1) is 0 Å². The lowest BCUT2D eigenvalue weighted by Crippen LogP contribution is -1.88. The van der Waals surface area contributed by atoms with Crippen molar-refractivity contribution in [1.29, 1.82) is 10.5 Å². The molecule has 1 aliphatic carbocycles. The predicted octanol–water partition coefficient (Wildman–Crippen LogP) is 5.62. The van der Waals surface area contributed by atoms with E-state index in [1.54, 1.807) is 0 Å². The van der Waals surface area contributed by atoms with Crippen LogP contribution >= 0.6 is 0 Å². The summed E-state index contributed by atoms with van der Waals surface area (Å²) in [4.78, 5) is 0. The molecule has 2 heteroatoms. The Morgan fingerprint density at radius 3 is 2.08 bits per heavy atom. The molecule has 2 aromatic rings. The summed E-state index contributed by atoms with van der Waals surface area (Å²) in [6, 6.07) is 23.7. The first kappa shape index (κ1) is 17.0. The Morgan fingerprint density at radius 2 is 1.42 bits per heavy atom. The van der Waals surface area contributed by atoms with Gasteiger partial charge in [-0.25, -0.2) is 0 Å². The molecular formula is C24H16N2. The second-order valence-corrected chi connectivity index (χ2v) is 5.70. The van der Waals surface area contributed by atoms with Gasteiger partial charge in [0.25, 0.3) is 0 Å². The summed E-state index contributed by atoms with van der Waals surface area (Å²) in [7, 11) is 0. The van der Waals surface area contributed by atoms with Crippen LogP contribution in [0.25, 0.3) is 11.1 Å². The van der Waals surface area contributed by atoms with Gasteiger partial charge in [-0.05, 0) is 28.3 Å². The number of hydrogen-bond donors (Lipinski definition) is 0. The topological polar surface area (TPSA) is 47.6 Å². The van der Waals surface area contributed by atoms with E-state index in [1.165, 1.54) is 0 Å². The van der Waals surface area contributed by atoms with Crippen molar-refractivity contribution in [2.45, 2.75) is 0 Å². The Bertz CT molecular complexity index is 1000. The van der Waals surface area contributed by atoms with Gasteiger partial charge in [-0.1, -0.05) is 91.0 Å². The fraction of sp³-hybridized carbons (Fsp3) is 0. The van der Waals surface area contributed by atoms with Gasteiger partial charge in [0.2, 0.25) is 0 Å². The summed E-state index contributed by atoms with van der Waals surface area (Å²) >= 11 is 0. The molecule has 0 amide bonds. The third kappa shape index (κ3) is 3.96. The molecule has 3 rings (SSSR count). The number of rotatable bonds is 3. The average Bonchev–Trinajstić information content (AvgIpc) is 2.95. The lowest BCUT2D eigenvalue weighted by atomic mass is 9.98. The lowest BCUT2D eigenvalue weighted by Gasteiger charge is -2.04. The molecule has 122 valence electrons. The first-order valence-corrected chi connectivity index (χ1v) is 8.25. The van der Waals surface area contributed by atoms with Crippen molar-refractivity contribution >= 4 is 11.1 Å². The highest BCUT2D eigenvalue weighted by atomic mass is 14.3. The van der Waals surface area contributed by atoms with Crippen LogP contribution in [0.2, 0.25) is 0 Å². The van der Waals surface area contributed by atoms with Gasteiger partial charge in [-0.3, -0.25) is 0 Å². The van der Waals surface area contributed by atoms with E-state index in [0.29, 0.717) is 5.57 Å². The predicted molar refractivity (Wildman–Crippen MR) is 105 cm³/mol. The zero-order chi connectivity index (χ0) is 18.2. The number of benzene rings is 2. The third-order valence-electron chi connectivity index (χ3n) is 4.02. The Morgan fingerprint density at radius 1 is 0.769 bits per heavy atom. The molecule has 1 aliphatic rings. The highest BCUT2D eigenvalue weighted by Crippen LogP contribution is 2.25. The van der Waals surface area contributed by atoms with E-state index in [0.717, 1.165) is 22.3 Å². The highest BCUT2D eigenvalue weighted by Gasteiger charge is 2.08. The molecule has 0 N–H and O–H groups in total. The molecule has 0 saturated carbocycles. The van der Waals surface area contributed by atoms with Crippen LogP contribution in [0.15, 0.2) is 108 Å². The summed E-state index contributed by atoms with van der Waals surface area (Å²) in [5.74, 6) is 0. The van der Waals surface area contributed by atoms with Crippen LogP contribution in [-0.4, -0.2) is 0 Å². The maximum atomic E-state index is 9.33. The fourth-order valence-electron chi connectivity index (χ4n) is 2.71. The molecule has 0 spiro atoms. The van der Waals surface area contributed by atoms with E-state index in [1.807, 2.05) is 97.1 Å². The summed E-state index contributed by atoms with van der Waals surface area (Å²) in [5.41, 5.74) is 4.75. The molecule has 0 bridgehead atoms. The van der Waals surface area contributed by atoms with Gasteiger partial charge < -0.3 is 0 Å². The molecule has 0 aromatic heterocycles. The largest absolute Gasteiger partial charge is 0.192 e. The van der Waals surface area contributed by atoms with Crippen molar-refractivity contribution in [3.63, 3.8) is 0 Å². The zero-order valence-corrected chi connectivity index (χ0v) is 14.1. The van der Waals surface area contributed by atoms with Crippen LogP contribution < -0.4 is 0 Å². The van der Waals surface area contributed by atoms with Crippen molar-refractivity contribution in [3.8, 4) is 12.1 Å². The van der Waals surface area contributed by atoms with Crippen molar-refractivity contribution in [1.82, 2.24) is 0 Å². The summed E-state index contributed by atoms with van der Waals surface area (Å²) < 4.78 is 0. The van der Waals surface area contributed by atoms with Crippen LogP contribution in [0.1, 0.15) is 11.1 Å². The number of allylic oxidation sites excluding steroid dienone is 10. The van der Waals surface area contributed by atoms with Gasteiger partial charge in [0, 0.05) is 5.57 Å². The molecule has 0 atom stereocenters. The standard InChI is InChI=1S/C24H16N2/c25-17-23(18-26)24(22-11-5-2-6-12-22)16-19-8-7-13-21(15-14-19)20-9-3-1-4-10-20/h1-16H/b19-16-. The number of nitrogens with zero attached hydrogens (tertiary/aromatic N) is 2. The van der Waals surface area contributed by atoms with Crippen molar-refractivity contribution in [2.75, 3.05) is 0 Å². The Balaban J connectivity index is 2.00. The van der Waals surface area contributed by atoms with E-state index in [2.05, 4.69) is 12.1 Å². The van der Waals surface area contributed by atoms with E-state index in [4.69, 9.17) is 0 Å². The van der Waals surface area contributed by atoms with Gasteiger partial charge in [0.1, 0.15) is 17.7 Å². The molecule has 26 heavy (non-hydrogen) atoms. The molecule has 2 nitrogen and oxygen atoms in total. The van der Waals surface area contributed by atoms with Crippen molar-refractivity contribution in [2.24, 2.45) is 0 Å². The SMILES string of the molecule is N#CC(C#N)=C(/C=C1/C=CC=C(c2ccccc2)C=C1)c1ccccc1. The summed E-state index contributed by atoms with van der Waals surface area (Å²) in [6.07, 6.45) is 11.9. The highest BCUT2D eigenvalue weighted by molar-refractivity contribution is 5.84. The van der Waals surface area contributed by atoms with E-state index >= 15 is 0 Å². The number of hydrogen-bond acceptors (Lipinski definition) is 2. The lowest BCUT2D eigenvalue weighted by molar-refractivity contribution is 1.45. The maximum absolute atomic E-state index is 9.33. The molecule has 2 aromatic carbocycles. The Labute approximate surface area is 153 Å². The van der Waals surface area contributed by atoms with E-state index in [-0.39, 0.29) is 5.57 Å².